The van der Waals surface area contributed by atoms with Crippen LogP contribution in [0.2, 0.25) is 0 Å². The third-order valence-corrected chi connectivity index (χ3v) is 4.72. The average molecular weight is 378 g/mol. The minimum Gasteiger partial charge on any atom is -0.497 e. The number of benzene rings is 2. The Morgan fingerprint density at radius 1 is 1.22 bits per heavy atom. The fraction of sp³-hybridized carbons (Fsp3) is 0.105. The zero-order chi connectivity index (χ0) is 18.6. The van der Waals surface area contributed by atoms with E-state index in [9.17, 15) is 5.26 Å². The standard InChI is InChI=1S/C19H14N4O3S/c1-24-14-5-3-13(4-6-14)22-23-15(9-20)19-21-16(10-27-19)12-2-7-17-18(8-12)26-11-25-17/h2-8,10,22H,11H2,1H3/b23-15-. The van der Waals surface area contributed by atoms with Crippen LogP contribution in [0.3, 0.4) is 0 Å². The van der Waals surface area contributed by atoms with E-state index >= 15 is 0 Å². The number of nitriles is 1. The maximum absolute atomic E-state index is 9.44. The summed E-state index contributed by atoms with van der Waals surface area (Å²) in [4.78, 5) is 4.53. The van der Waals surface area contributed by atoms with Crippen molar-refractivity contribution in [3.63, 3.8) is 0 Å². The van der Waals surface area contributed by atoms with Gasteiger partial charge >= 0.3 is 0 Å². The first-order valence-electron chi connectivity index (χ1n) is 8.00. The number of aromatic nitrogens is 1. The number of hydrogen-bond acceptors (Lipinski definition) is 8. The number of thiazole rings is 1. The molecule has 0 saturated carbocycles. The predicted molar refractivity (Wildman–Crippen MR) is 102 cm³/mol. The molecular weight excluding hydrogens is 364 g/mol. The summed E-state index contributed by atoms with van der Waals surface area (Å²) in [7, 11) is 1.61. The van der Waals surface area contributed by atoms with Crippen LogP contribution >= 0.6 is 11.3 Å². The quantitative estimate of drug-likeness (QED) is 0.535. The largest absolute Gasteiger partial charge is 0.497 e. The van der Waals surface area contributed by atoms with Crippen LogP contribution < -0.4 is 19.6 Å². The lowest BCUT2D eigenvalue weighted by Gasteiger charge is -2.02. The lowest BCUT2D eigenvalue weighted by Crippen LogP contribution is -2.01. The van der Waals surface area contributed by atoms with E-state index in [1.54, 1.807) is 7.11 Å². The van der Waals surface area contributed by atoms with Crippen LogP contribution in [0.5, 0.6) is 17.2 Å². The van der Waals surface area contributed by atoms with Crippen molar-refractivity contribution in [2.75, 3.05) is 19.3 Å². The molecule has 1 N–H and O–H groups in total. The Balaban J connectivity index is 1.54. The number of fused-ring (bicyclic) bond motifs is 1. The molecule has 1 aromatic heterocycles. The Labute approximate surface area is 159 Å². The van der Waals surface area contributed by atoms with E-state index < -0.39 is 0 Å². The highest BCUT2D eigenvalue weighted by atomic mass is 32.1. The van der Waals surface area contributed by atoms with Gasteiger partial charge in [-0.3, -0.25) is 5.43 Å². The lowest BCUT2D eigenvalue weighted by atomic mass is 10.1. The number of rotatable bonds is 5. The minimum atomic E-state index is 0.211. The lowest BCUT2D eigenvalue weighted by molar-refractivity contribution is 0.174. The molecule has 27 heavy (non-hydrogen) atoms. The van der Waals surface area contributed by atoms with Gasteiger partial charge < -0.3 is 14.2 Å². The second-order valence-electron chi connectivity index (χ2n) is 5.52. The first kappa shape index (κ1) is 16.9. The van der Waals surface area contributed by atoms with Crippen LogP contribution in [0.25, 0.3) is 11.3 Å². The molecule has 0 amide bonds. The highest BCUT2D eigenvalue weighted by Crippen LogP contribution is 2.36. The van der Waals surface area contributed by atoms with Gasteiger partial charge in [-0.15, -0.1) is 11.3 Å². The molecule has 134 valence electrons. The van der Waals surface area contributed by atoms with E-state index in [1.165, 1.54) is 11.3 Å². The Bertz CT molecular complexity index is 1040. The van der Waals surface area contributed by atoms with E-state index in [2.05, 4.69) is 21.6 Å². The molecule has 0 aliphatic carbocycles. The number of nitrogens with one attached hydrogen (secondary N) is 1. The van der Waals surface area contributed by atoms with Crippen LogP contribution in [-0.4, -0.2) is 24.6 Å². The maximum atomic E-state index is 9.44. The number of anilines is 1. The van der Waals surface area contributed by atoms with Gasteiger partial charge in [-0.05, 0) is 42.5 Å². The van der Waals surface area contributed by atoms with Gasteiger partial charge in [0.05, 0.1) is 18.5 Å². The monoisotopic (exact) mass is 378 g/mol. The summed E-state index contributed by atoms with van der Waals surface area (Å²) in [6, 6.07) is 15.0. The minimum absolute atomic E-state index is 0.211. The van der Waals surface area contributed by atoms with Crippen LogP contribution in [0, 0.1) is 11.3 Å². The first-order chi connectivity index (χ1) is 13.3. The molecule has 0 unspecified atom stereocenters. The summed E-state index contributed by atoms with van der Waals surface area (Å²) in [5.41, 5.74) is 5.47. The normalized spacial score (nSPS) is 12.5. The number of nitrogens with zero attached hydrogens (tertiary/aromatic N) is 3. The molecular formula is C19H14N4O3S. The van der Waals surface area contributed by atoms with Gasteiger partial charge in [-0.25, -0.2) is 4.98 Å². The summed E-state index contributed by atoms with van der Waals surface area (Å²) in [5.74, 6) is 2.16. The second-order valence-corrected chi connectivity index (χ2v) is 6.38. The molecule has 0 bridgehead atoms. The SMILES string of the molecule is COc1ccc(N/N=C(/C#N)c2nc(-c3ccc4c(c3)OCO4)cs2)cc1. The molecule has 3 aromatic rings. The van der Waals surface area contributed by atoms with Crippen molar-refractivity contribution in [2.45, 2.75) is 0 Å². The van der Waals surface area contributed by atoms with Crippen molar-refractivity contribution in [1.82, 2.24) is 4.98 Å². The summed E-state index contributed by atoms with van der Waals surface area (Å²) in [6.45, 7) is 0.226. The maximum Gasteiger partial charge on any atom is 0.231 e. The van der Waals surface area contributed by atoms with E-state index in [-0.39, 0.29) is 12.5 Å². The highest BCUT2D eigenvalue weighted by molar-refractivity contribution is 7.12. The zero-order valence-corrected chi connectivity index (χ0v) is 15.1. The van der Waals surface area contributed by atoms with Gasteiger partial charge in [0, 0.05) is 10.9 Å². The van der Waals surface area contributed by atoms with Gasteiger partial charge in [0.2, 0.25) is 6.79 Å². The number of methoxy groups -OCH3 is 1. The molecule has 0 radical (unpaired) electrons. The predicted octanol–water partition coefficient (Wildman–Crippen LogP) is 3.89. The molecule has 8 heteroatoms. The molecule has 0 fully saturated rings. The first-order valence-corrected chi connectivity index (χ1v) is 8.88. The Hall–Kier alpha value is -3.57. The molecule has 2 heterocycles. The Morgan fingerprint density at radius 2 is 2.04 bits per heavy atom. The van der Waals surface area contributed by atoms with Crippen molar-refractivity contribution in [2.24, 2.45) is 5.10 Å². The topological polar surface area (TPSA) is 88.8 Å². The van der Waals surface area contributed by atoms with Crippen molar-refractivity contribution in [3.8, 4) is 34.6 Å². The fourth-order valence-electron chi connectivity index (χ4n) is 2.48. The molecule has 0 spiro atoms. The van der Waals surface area contributed by atoms with Gasteiger partial charge in [0.1, 0.15) is 11.8 Å². The highest BCUT2D eigenvalue weighted by Gasteiger charge is 2.16. The van der Waals surface area contributed by atoms with Crippen LogP contribution in [0.15, 0.2) is 52.9 Å². The third-order valence-electron chi connectivity index (χ3n) is 3.87. The van der Waals surface area contributed by atoms with Crippen molar-refractivity contribution in [1.29, 1.82) is 5.26 Å². The van der Waals surface area contributed by atoms with Crippen LogP contribution in [0.4, 0.5) is 5.69 Å². The molecule has 2 aromatic carbocycles. The molecule has 1 aliphatic rings. The third kappa shape index (κ3) is 3.54. The van der Waals surface area contributed by atoms with Crippen LogP contribution in [-0.2, 0) is 0 Å². The number of hydrazone groups is 1. The van der Waals surface area contributed by atoms with Gasteiger partial charge in [-0.1, -0.05) is 0 Å². The zero-order valence-electron chi connectivity index (χ0n) is 14.3. The summed E-state index contributed by atoms with van der Waals surface area (Å²) >= 11 is 1.36. The van der Waals surface area contributed by atoms with Gasteiger partial charge in [0.25, 0.3) is 0 Å². The number of hydrogen-bond donors (Lipinski definition) is 1. The Kier molecular flexibility index (Phi) is 4.60. The molecule has 1 aliphatic heterocycles. The molecule has 0 saturated heterocycles. The molecule has 0 atom stereocenters. The smallest absolute Gasteiger partial charge is 0.231 e. The van der Waals surface area contributed by atoms with Crippen molar-refractivity contribution >= 4 is 22.7 Å². The van der Waals surface area contributed by atoms with E-state index in [0.717, 1.165) is 28.4 Å². The van der Waals surface area contributed by atoms with E-state index in [4.69, 9.17) is 14.2 Å². The van der Waals surface area contributed by atoms with E-state index in [1.807, 2.05) is 47.8 Å². The summed E-state index contributed by atoms with van der Waals surface area (Å²) in [6.07, 6.45) is 0. The second kappa shape index (κ2) is 7.35. The van der Waals surface area contributed by atoms with Crippen LogP contribution in [0.1, 0.15) is 5.01 Å². The summed E-state index contributed by atoms with van der Waals surface area (Å²) in [5, 5.41) is 16.0. The fourth-order valence-corrected chi connectivity index (χ4v) is 3.24. The Morgan fingerprint density at radius 3 is 2.81 bits per heavy atom. The van der Waals surface area contributed by atoms with Crippen molar-refractivity contribution in [3.05, 3.63) is 52.9 Å². The molecule has 4 rings (SSSR count). The number of ether oxygens (including phenoxy) is 3. The van der Waals surface area contributed by atoms with Gasteiger partial charge in [-0.2, -0.15) is 10.4 Å². The molecule has 7 nitrogen and oxygen atoms in total. The summed E-state index contributed by atoms with van der Waals surface area (Å²) < 4.78 is 15.8. The van der Waals surface area contributed by atoms with Gasteiger partial charge in [0.15, 0.2) is 22.2 Å². The van der Waals surface area contributed by atoms with E-state index in [0.29, 0.717) is 10.8 Å². The average Bonchev–Trinajstić information content (AvgIpc) is 3.38. The van der Waals surface area contributed by atoms with Crippen molar-refractivity contribution < 1.29 is 14.2 Å².